The lowest BCUT2D eigenvalue weighted by atomic mass is 9.65. The third kappa shape index (κ3) is 9.87. The molecule has 2 aliphatic heterocycles. The molecule has 530 valence electrons. The molecule has 0 amide bonds. The second kappa shape index (κ2) is 25.8. The number of para-hydroxylation sites is 4. The number of hydrogen-bond donors (Lipinski definition) is 0. The summed E-state index contributed by atoms with van der Waals surface area (Å²) < 4.78 is 14.5. The SMILES string of the molecule is c1ccc(-c2cc(-c3cc(-c4cccc5c4-c4ccccc4C54c5ccccc5Oc5c(-c6ccc(-c7nc(-c8ccccc8)cc(-c8ccc(-c9ccccc9)c9ccccc89)n7)cc6)cccc54)cc4ccccc34)nc(-c3ccc(-c4cccc5c4Oc4ccccc4C54c5ccccc5-c5ccccc54)cc3)n2)cc1. The molecule has 2 aliphatic carbocycles. The van der Waals surface area contributed by atoms with Crippen LogP contribution in [0.5, 0.6) is 23.0 Å². The van der Waals surface area contributed by atoms with Crippen LogP contribution in [0.15, 0.2) is 400 Å². The Balaban J connectivity index is 0.635. The fourth-order valence-electron chi connectivity index (χ4n) is 19.2. The summed E-state index contributed by atoms with van der Waals surface area (Å²) in [5, 5.41) is 4.50. The van der Waals surface area contributed by atoms with Gasteiger partial charge in [0, 0.05) is 66.8 Å². The summed E-state index contributed by atoms with van der Waals surface area (Å²) >= 11 is 0. The molecule has 6 heteroatoms. The molecule has 0 N–H and O–H groups in total. The lowest BCUT2D eigenvalue weighted by Gasteiger charge is -2.40. The Morgan fingerprint density at radius 2 is 0.544 bits per heavy atom. The smallest absolute Gasteiger partial charge is 0.160 e. The topological polar surface area (TPSA) is 70.0 Å². The van der Waals surface area contributed by atoms with Gasteiger partial charge in [0.15, 0.2) is 11.6 Å². The van der Waals surface area contributed by atoms with E-state index in [1.165, 1.54) is 61.0 Å². The minimum atomic E-state index is -0.774. The van der Waals surface area contributed by atoms with Crippen LogP contribution in [-0.2, 0) is 10.8 Å². The molecule has 17 aromatic carbocycles. The van der Waals surface area contributed by atoms with E-state index in [4.69, 9.17) is 29.4 Å². The molecule has 1 atom stereocenters. The quantitative estimate of drug-likeness (QED) is 0.136. The van der Waals surface area contributed by atoms with Crippen molar-refractivity contribution in [2.24, 2.45) is 0 Å². The van der Waals surface area contributed by atoms with Gasteiger partial charge in [-0.1, -0.05) is 364 Å². The molecule has 0 saturated heterocycles. The third-order valence-electron chi connectivity index (χ3n) is 24.1. The first-order chi connectivity index (χ1) is 56.5. The van der Waals surface area contributed by atoms with Crippen molar-refractivity contribution in [2.75, 3.05) is 0 Å². The van der Waals surface area contributed by atoms with Gasteiger partial charge in [-0.25, -0.2) is 19.9 Å². The molecule has 114 heavy (non-hydrogen) atoms. The Hall–Kier alpha value is -15.0. The number of aromatic nitrogens is 4. The molecular formula is C108H66N4O2. The summed E-state index contributed by atoms with van der Waals surface area (Å²) in [6, 6.07) is 144. The highest BCUT2D eigenvalue weighted by Crippen LogP contribution is 2.66. The van der Waals surface area contributed by atoms with Crippen molar-refractivity contribution in [3.05, 3.63) is 445 Å². The number of rotatable bonds is 10. The number of benzene rings is 17. The van der Waals surface area contributed by atoms with Gasteiger partial charge in [0.1, 0.15) is 23.0 Å². The summed E-state index contributed by atoms with van der Waals surface area (Å²) in [5.41, 5.74) is 30.7. The van der Waals surface area contributed by atoms with Gasteiger partial charge in [-0.3, -0.25) is 0 Å². The largest absolute Gasteiger partial charge is 0.456 e. The maximum absolute atomic E-state index is 7.36. The molecular weight excluding hydrogens is 1390 g/mol. The number of hydrogen-bond acceptors (Lipinski definition) is 6. The minimum absolute atomic E-state index is 0.576. The van der Waals surface area contributed by atoms with E-state index in [2.05, 4.69) is 394 Å². The fraction of sp³-hybridized carbons (Fsp3) is 0.0185. The van der Waals surface area contributed by atoms with E-state index < -0.39 is 10.8 Å². The van der Waals surface area contributed by atoms with E-state index in [0.717, 1.165) is 151 Å². The zero-order chi connectivity index (χ0) is 75.0. The maximum Gasteiger partial charge on any atom is 0.160 e. The first kappa shape index (κ1) is 65.0. The van der Waals surface area contributed by atoms with Crippen LogP contribution < -0.4 is 9.47 Å². The van der Waals surface area contributed by atoms with Crippen molar-refractivity contribution in [3.63, 3.8) is 0 Å². The molecule has 0 saturated carbocycles. The highest BCUT2D eigenvalue weighted by atomic mass is 16.5. The highest BCUT2D eigenvalue weighted by Gasteiger charge is 2.54. The van der Waals surface area contributed by atoms with Crippen LogP contribution in [0.4, 0.5) is 0 Å². The normalized spacial score (nSPS) is 14.0. The first-order valence-corrected chi connectivity index (χ1v) is 39.0. The molecule has 4 heterocycles. The lowest BCUT2D eigenvalue weighted by Crippen LogP contribution is -2.32. The van der Waals surface area contributed by atoms with Gasteiger partial charge in [0.05, 0.1) is 33.6 Å². The number of nitrogens with zero attached hydrogens (tertiary/aromatic N) is 4. The monoisotopic (exact) mass is 1450 g/mol. The van der Waals surface area contributed by atoms with Crippen LogP contribution >= 0.6 is 0 Å². The van der Waals surface area contributed by atoms with Gasteiger partial charge < -0.3 is 9.47 Å². The summed E-state index contributed by atoms with van der Waals surface area (Å²) in [7, 11) is 0. The van der Waals surface area contributed by atoms with Crippen molar-refractivity contribution in [2.45, 2.75) is 10.8 Å². The van der Waals surface area contributed by atoms with E-state index in [-0.39, 0.29) is 0 Å². The Morgan fingerprint density at radius 1 is 0.184 bits per heavy atom. The fourth-order valence-corrected chi connectivity index (χ4v) is 19.2. The Bertz CT molecular complexity index is 7110. The van der Waals surface area contributed by atoms with Crippen LogP contribution in [0.2, 0.25) is 0 Å². The van der Waals surface area contributed by atoms with Crippen molar-refractivity contribution in [3.8, 4) is 158 Å². The first-order valence-electron chi connectivity index (χ1n) is 39.0. The molecule has 4 aliphatic rings. The van der Waals surface area contributed by atoms with Gasteiger partial charge in [0.2, 0.25) is 0 Å². The predicted octanol–water partition coefficient (Wildman–Crippen LogP) is 27.2. The average Bonchev–Trinajstić information content (AvgIpc) is 1.51. The van der Waals surface area contributed by atoms with E-state index in [0.29, 0.717) is 11.6 Å². The summed E-state index contributed by atoms with van der Waals surface area (Å²) in [6.45, 7) is 0. The molecule has 0 bridgehead atoms. The maximum atomic E-state index is 7.36. The predicted molar refractivity (Wildman–Crippen MR) is 462 cm³/mol. The van der Waals surface area contributed by atoms with Crippen molar-refractivity contribution in [1.82, 2.24) is 19.9 Å². The van der Waals surface area contributed by atoms with Crippen LogP contribution in [-0.4, -0.2) is 19.9 Å². The molecule has 23 rings (SSSR count). The average molecular weight is 1450 g/mol. The summed E-state index contributed by atoms with van der Waals surface area (Å²) in [4.78, 5) is 21.8. The van der Waals surface area contributed by atoms with E-state index >= 15 is 0 Å². The molecule has 2 spiro atoms. The third-order valence-corrected chi connectivity index (χ3v) is 24.1. The second-order valence-electron chi connectivity index (χ2n) is 30.1. The zero-order valence-electron chi connectivity index (χ0n) is 61.7. The standard InChI is InChI=1S/C108H66N4O2/c1-4-27-67(28-5-1)77-61-62-85(82-36-13-12-35-81(77)82)98-65-96(70-29-6-2-7-30-70)109-105(111-98)72-57-53-69(54-58-72)80-42-26-50-95-104(80)114-101-52-23-21-47-92(101)108(95)90-45-19-16-39-86(90)102-78(40-24-48-93(102)108)75-63-74-33-10-11-34-76(74)87(64-75)99-66-97(71-31-8-3-9-32-71)110-106(112-99)73-59-55-68(56-60-73)79-41-25-49-94-103(79)113-100-51-22-20-46-91(100)107(94)88-43-17-14-37-83(88)84-38-15-18-44-89(84)107/h1-66H. The molecule has 6 nitrogen and oxygen atoms in total. The van der Waals surface area contributed by atoms with E-state index in [9.17, 15) is 0 Å². The van der Waals surface area contributed by atoms with Gasteiger partial charge >= 0.3 is 0 Å². The van der Waals surface area contributed by atoms with Gasteiger partial charge in [-0.05, 0) is 136 Å². The van der Waals surface area contributed by atoms with Gasteiger partial charge in [-0.15, -0.1) is 0 Å². The minimum Gasteiger partial charge on any atom is -0.456 e. The van der Waals surface area contributed by atoms with Gasteiger partial charge in [-0.2, -0.15) is 0 Å². The van der Waals surface area contributed by atoms with Crippen LogP contribution in [0.3, 0.4) is 0 Å². The van der Waals surface area contributed by atoms with Crippen LogP contribution in [0.25, 0.3) is 156 Å². The van der Waals surface area contributed by atoms with E-state index in [1.807, 2.05) is 6.07 Å². The lowest BCUT2D eigenvalue weighted by molar-refractivity contribution is 0.438. The van der Waals surface area contributed by atoms with Crippen LogP contribution in [0.1, 0.15) is 44.5 Å². The Kier molecular flexibility index (Phi) is 14.7. The zero-order valence-corrected chi connectivity index (χ0v) is 61.7. The molecule has 2 aromatic heterocycles. The van der Waals surface area contributed by atoms with Crippen LogP contribution in [0, 0.1) is 0 Å². The van der Waals surface area contributed by atoms with Gasteiger partial charge in [0.25, 0.3) is 0 Å². The Labute approximate surface area is 660 Å². The molecule has 0 fully saturated rings. The van der Waals surface area contributed by atoms with Crippen molar-refractivity contribution in [1.29, 1.82) is 0 Å². The number of fused-ring (bicyclic) bond motifs is 20. The van der Waals surface area contributed by atoms with Crippen molar-refractivity contribution >= 4 is 21.5 Å². The van der Waals surface area contributed by atoms with E-state index in [1.54, 1.807) is 0 Å². The molecule has 19 aromatic rings. The number of ether oxygens (including phenoxy) is 2. The Morgan fingerprint density at radius 3 is 1.09 bits per heavy atom. The molecule has 1 unspecified atom stereocenters. The second-order valence-corrected chi connectivity index (χ2v) is 30.1. The van der Waals surface area contributed by atoms with Crippen molar-refractivity contribution < 1.29 is 9.47 Å². The summed E-state index contributed by atoms with van der Waals surface area (Å²) in [5.74, 6) is 4.61. The molecule has 0 radical (unpaired) electrons. The highest BCUT2D eigenvalue weighted by molar-refractivity contribution is 6.07. The summed E-state index contributed by atoms with van der Waals surface area (Å²) in [6.07, 6.45) is 0.